The van der Waals surface area contributed by atoms with Crippen molar-refractivity contribution in [3.63, 3.8) is 0 Å². The van der Waals surface area contributed by atoms with Gasteiger partial charge in [-0.25, -0.2) is 9.18 Å². The molecule has 1 atom stereocenters. The third kappa shape index (κ3) is 4.39. The van der Waals surface area contributed by atoms with Crippen LogP contribution in [-0.4, -0.2) is 16.7 Å². The van der Waals surface area contributed by atoms with Crippen molar-refractivity contribution in [1.82, 2.24) is 0 Å². The number of carboxylic acid groups (broad SMARTS) is 1. The van der Waals surface area contributed by atoms with E-state index in [0.717, 1.165) is 6.07 Å². The molecule has 3 nitrogen and oxygen atoms in total. The molecule has 0 amide bonds. The molecule has 0 aliphatic rings. The Morgan fingerprint density at radius 1 is 1.53 bits per heavy atom. The highest BCUT2D eigenvalue weighted by Gasteiger charge is 2.36. The molecule has 0 aliphatic carbocycles. The van der Waals surface area contributed by atoms with Crippen LogP contribution < -0.4 is 4.74 Å². The third-order valence-electron chi connectivity index (χ3n) is 2.88. The van der Waals surface area contributed by atoms with E-state index in [1.54, 1.807) is 0 Å². The second-order valence-corrected chi connectivity index (χ2v) is 5.55. The molecule has 0 aliphatic heterocycles. The first-order valence-electron chi connectivity index (χ1n) is 6.12. The maximum absolute atomic E-state index is 12.9. The number of ether oxygens (including phenoxy) is 1. The Balaban J connectivity index is 2.91. The molecule has 0 saturated heterocycles. The Labute approximate surface area is 117 Å². The van der Waals surface area contributed by atoms with Crippen molar-refractivity contribution < 1.29 is 19.0 Å². The van der Waals surface area contributed by atoms with Gasteiger partial charge in [-0.1, -0.05) is 25.4 Å². The van der Waals surface area contributed by atoms with Gasteiger partial charge >= 0.3 is 5.97 Å². The summed E-state index contributed by atoms with van der Waals surface area (Å²) in [7, 11) is 0. The summed E-state index contributed by atoms with van der Waals surface area (Å²) in [4.78, 5) is 11.4. The fourth-order valence-corrected chi connectivity index (χ4v) is 1.77. The summed E-state index contributed by atoms with van der Waals surface area (Å²) >= 11 is 5.85. The summed E-state index contributed by atoms with van der Waals surface area (Å²) in [5, 5.41) is 9.38. The number of hydrogen-bond donors (Lipinski definition) is 1. The highest BCUT2D eigenvalue weighted by atomic mass is 35.5. The van der Waals surface area contributed by atoms with Crippen molar-refractivity contribution in [3.8, 4) is 5.75 Å². The normalized spacial score (nSPS) is 14.2. The van der Waals surface area contributed by atoms with Gasteiger partial charge in [0.25, 0.3) is 0 Å². The Bertz CT molecular complexity index is 462. The van der Waals surface area contributed by atoms with Crippen LogP contribution in [0.2, 0.25) is 5.02 Å². The Morgan fingerprint density at radius 3 is 2.63 bits per heavy atom. The molecular weight excluding hydrogens is 271 g/mol. The van der Waals surface area contributed by atoms with Gasteiger partial charge in [-0.2, -0.15) is 0 Å². The van der Waals surface area contributed by atoms with Gasteiger partial charge in [0.1, 0.15) is 11.6 Å². The van der Waals surface area contributed by atoms with Crippen molar-refractivity contribution >= 4 is 17.6 Å². The molecule has 0 heterocycles. The zero-order valence-electron chi connectivity index (χ0n) is 11.2. The predicted octanol–water partition coefficient (Wildman–Crippen LogP) is 4.14. The first kappa shape index (κ1) is 15.8. The second kappa shape index (κ2) is 6.24. The van der Waals surface area contributed by atoms with Crippen molar-refractivity contribution in [2.45, 2.75) is 39.2 Å². The zero-order valence-corrected chi connectivity index (χ0v) is 12.0. The van der Waals surface area contributed by atoms with Gasteiger partial charge < -0.3 is 9.84 Å². The average molecular weight is 289 g/mol. The van der Waals surface area contributed by atoms with Crippen LogP contribution in [0.1, 0.15) is 33.6 Å². The van der Waals surface area contributed by atoms with E-state index >= 15 is 0 Å². The molecule has 1 aromatic carbocycles. The molecule has 0 fully saturated rings. The Kier molecular flexibility index (Phi) is 5.18. The quantitative estimate of drug-likeness (QED) is 0.856. The van der Waals surface area contributed by atoms with E-state index in [9.17, 15) is 14.3 Å². The summed E-state index contributed by atoms with van der Waals surface area (Å²) in [6, 6.07) is 3.63. The smallest absolute Gasteiger partial charge is 0.347 e. The van der Waals surface area contributed by atoms with Gasteiger partial charge in [0.15, 0.2) is 0 Å². The first-order valence-corrected chi connectivity index (χ1v) is 6.50. The van der Waals surface area contributed by atoms with Crippen LogP contribution >= 0.6 is 11.6 Å². The van der Waals surface area contributed by atoms with Crippen LogP contribution in [0.25, 0.3) is 0 Å². The SMILES string of the molecule is CC(C)CCC(C)(Oc1ccc(F)cc1Cl)C(=O)O. The summed E-state index contributed by atoms with van der Waals surface area (Å²) in [6.45, 7) is 5.51. The Hall–Kier alpha value is -1.29. The molecule has 1 unspecified atom stereocenters. The maximum Gasteiger partial charge on any atom is 0.347 e. The van der Waals surface area contributed by atoms with Crippen molar-refractivity contribution in [3.05, 3.63) is 29.0 Å². The summed E-state index contributed by atoms with van der Waals surface area (Å²) in [6.07, 6.45) is 1.06. The molecule has 0 bridgehead atoms. The lowest BCUT2D eigenvalue weighted by molar-refractivity contribution is -0.154. The summed E-state index contributed by atoms with van der Waals surface area (Å²) in [5.41, 5.74) is -1.37. The third-order valence-corrected chi connectivity index (χ3v) is 3.18. The molecule has 5 heteroatoms. The average Bonchev–Trinajstić information content (AvgIpc) is 2.30. The number of halogens is 2. The monoisotopic (exact) mass is 288 g/mol. The minimum absolute atomic E-state index is 0.0667. The van der Waals surface area contributed by atoms with Crippen LogP contribution in [-0.2, 0) is 4.79 Å². The molecule has 19 heavy (non-hydrogen) atoms. The van der Waals surface area contributed by atoms with Gasteiger partial charge in [0.2, 0.25) is 5.60 Å². The van der Waals surface area contributed by atoms with Crippen LogP contribution in [0.4, 0.5) is 4.39 Å². The fraction of sp³-hybridized carbons (Fsp3) is 0.500. The lowest BCUT2D eigenvalue weighted by Gasteiger charge is -2.27. The standard InChI is InChI=1S/C14H18ClFO3/c1-9(2)6-7-14(3,13(17)18)19-12-5-4-10(16)8-11(12)15/h4-5,8-9H,6-7H2,1-3H3,(H,17,18). The lowest BCUT2D eigenvalue weighted by Crippen LogP contribution is -2.41. The molecular formula is C14H18ClFO3. The van der Waals surface area contributed by atoms with Crippen LogP contribution in [0.15, 0.2) is 18.2 Å². The molecule has 1 aromatic rings. The number of hydrogen-bond acceptors (Lipinski definition) is 2. The van der Waals surface area contributed by atoms with Crippen molar-refractivity contribution in [2.24, 2.45) is 5.92 Å². The zero-order chi connectivity index (χ0) is 14.6. The minimum atomic E-state index is -1.37. The van der Waals surface area contributed by atoms with E-state index in [2.05, 4.69) is 0 Å². The van der Waals surface area contributed by atoms with E-state index in [-0.39, 0.29) is 10.8 Å². The van der Waals surface area contributed by atoms with Gasteiger partial charge in [0.05, 0.1) is 5.02 Å². The number of aliphatic carboxylic acids is 1. The van der Waals surface area contributed by atoms with E-state index in [1.165, 1.54) is 19.1 Å². The highest BCUT2D eigenvalue weighted by molar-refractivity contribution is 6.32. The lowest BCUT2D eigenvalue weighted by atomic mass is 9.95. The number of carbonyl (C=O) groups is 1. The van der Waals surface area contributed by atoms with Crippen molar-refractivity contribution in [2.75, 3.05) is 0 Å². The van der Waals surface area contributed by atoms with Crippen LogP contribution in [0, 0.1) is 11.7 Å². The van der Waals surface area contributed by atoms with E-state index in [4.69, 9.17) is 16.3 Å². The number of benzene rings is 1. The maximum atomic E-state index is 12.9. The van der Waals surface area contributed by atoms with Gasteiger partial charge in [-0.3, -0.25) is 0 Å². The molecule has 1 N–H and O–H groups in total. The molecule has 106 valence electrons. The molecule has 0 radical (unpaired) electrons. The minimum Gasteiger partial charge on any atom is -0.478 e. The van der Waals surface area contributed by atoms with E-state index < -0.39 is 17.4 Å². The molecule has 0 aromatic heterocycles. The number of carboxylic acids is 1. The molecule has 0 spiro atoms. The molecule has 0 saturated carbocycles. The predicted molar refractivity (Wildman–Crippen MR) is 72.2 cm³/mol. The Morgan fingerprint density at radius 2 is 2.16 bits per heavy atom. The largest absolute Gasteiger partial charge is 0.478 e. The van der Waals surface area contributed by atoms with Gasteiger partial charge in [-0.15, -0.1) is 0 Å². The second-order valence-electron chi connectivity index (χ2n) is 5.15. The first-order chi connectivity index (χ1) is 8.74. The van der Waals surface area contributed by atoms with Gasteiger partial charge in [0, 0.05) is 0 Å². The highest BCUT2D eigenvalue weighted by Crippen LogP contribution is 2.31. The van der Waals surface area contributed by atoms with Crippen LogP contribution in [0.5, 0.6) is 5.75 Å². The number of rotatable bonds is 6. The topological polar surface area (TPSA) is 46.5 Å². The van der Waals surface area contributed by atoms with E-state index in [0.29, 0.717) is 18.8 Å². The van der Waals surface area contributed by atoms with Crippen molar-refractivity contribution in [1.29, 1.82) is 0 Å². The summed E-state index contributed by atoms with van der Waals surface area (Å²) < 4.78 is 18.4. The molecule has 1 rings (SSSR count). The van der Waals surface area contributed by atoms with Gasteiger partial charge in [-0.05, 0) is 43.9 Å². The van der Waals surface area contributed by atoms with Crippen LogP contribution in [0.3, 0.4) is 0 Å². The summed E-state index contributed by atoms with van der Waals surface area (Å²) in [5.74, 6) is -1.01. The van der Waals surface area contributed by atoms with E-state index in [1.807, 2.05) is 13.8 Å². The fourth-order valence-electron chi connectivity index (χ4n) is 1.57.